The molecule has 0 spiro atoms. The Morgan fingerprint density at radius 1 is 1.12 bits per heavy atom. The van der Waals surface area contributed by atoms with Crippen molar-refractivity contribution in [3.63, 3.8) is 0 Å². The van der Waals surface area contributed by atoms with Crippen molar-refractivity contribution in [3.8, 4) is 0 Å². The molecule has 1 atom stereocenters. The lowest BCUT2D eigenvalue weighted by Crippen LogP contribution is -2.49. The van der Waals surface area contributed by atoms with Crippen molar-refractivity contribution in [2.75, 3.05) is 45.9 Å². The van der Waals surface area contributed by atoms with Crippen molar-refractivity contribution in [3.05, 3.63) is 34.9 Å². The highest BCUT2D eigenvalue weighted by Gasteiger charge is 2.40. The molecule has 2 aliphatic heterocycles. The fourth-order valence-electron chi connectivity index (χ4n) is 4.38. The summed E-state index contributed by atoms with van der Waals surface area (Å²) in [6.45, 7) is 4.88. The van der Waals surface area contributed by atoms with Gasteiger partial charge in [0.25, 0.3) is 5.91 Å². The molecule has 1 aromatic rings. The van der Waals surface area contributed by atoms with Crippen LogP contribution in [0.4, 0.5) is 0 Å². The number of amides is 1. The van der Waals surface area contributed by atoms with Gasteiger partial charge in [0.15, 0.2) is 0 Å². The number of hydrogen-bond acceptors (Lipinski definition) is 4. The van der Waals surface area contributed by atoms with Crippen LogP contribution in [-0.2, 0) is 17.6 Å². The number of benzene rings is 1. The first kappa shape index (κ1) is 17.0. The van der Waals surface area contributed by atoms with Crippen LogP contribution < -0.4 is 0 Å². The zero-order valence-electron chi connectivity index (χ0n) is 14.9. The quantitative estimate of drug-likeness (QED) is 0.902. The first-order valence-electron chi connectivity index (χ1n) is 9.57. The number of morpholine rings is 1. The van der Waals surface area contributed by atoms with Gasteiger partial charge in [0, 0.05) is 31.7 Å². The molecule has 2 heterocycles. The fraction of sp³-hybridized carbons (Fsp3) is 0.650. The molecular formula is C20H28N2O3. The SMILES string of the molecule is O=C(c1ccc2c(c1)CCCC2)N1CC[C@](O)(CN2CCOCC2)C1. The van der Waals surface area contributed by atoms with Crippen molar-refractivity contribution in [2.24, 2.45) is 0 Å². The topological polar surface area (TPSA) is 53.0 Å². The van der Waals surface area contributed by atoms with Gasteiger partial charge in [-0.15, -0.1) is 0 Å². The molecule has 1 N–H and O–H groups in total. The van der Waals surface area contributed by atoms with Crippen molar-refractivity contribution < 1.29 is 14.6 Å². The Morgan fingerprint density at radius 2 is 1.88 bits per heavy atom. The molecule has 25 heavy (non-hydrogen) atoms. The van der Waals surface area contributed by atoms with Crippen LogP contribution in [0.3, 0.4) is 0 Å². The molecule has 0 bridgehead atoms. The number of aliphatic hydroxyl groups is 1. The van der Waals surface area contributed by atoms with E-state index in [1.165, 1.54) is 24.0 Å². The molecule has 0 aromatic heterocycles. The minimum Gasteiger partial charge on any atom is -0.387 e. The number of ether oxygens (including phenoxy) is 1. The van der Waals surface area contributed by atoms with Gasteiger partial charge in [-0.1, -0.05) is 6.07 Å². The van der Waals surface area contributed by atoms with E-state index in [2.05, 4.69) is 17.0 Å². The Morgan fingerprint density at radius 3 is 2.68 bits per heavy atom. The third-order valence-electron chi connectivity index (χ3n) is 5.84. The molecule has 3 aliphatic rings. The number of rotatable bonds is 3. The van der Waals surface area contributed by atoms with Gasteiger partial charge in [0.2, 0.25) is 0 Å². The summed E-state index contributed by atoms with van der Waals surface area (Å²) in [4.78, 5) is 17.0. The predicted octanol–water partition coefficient (Wildman–Crippen LogP) is 1.47. The summed E-state index contributed by atoms with van der Waals surface area (Å²) in [7, 11) is 0. The maximum absolute atomic E-state index is 12.9. The van der Waals surface area contributed by atoms with E-state index in [9.17, 15) is 9.90 Å². The number of carbonyl (C=O) groups is 1. The average molecular weight is 344 g/mol. The average Bonchev–Trinajstić information content (AvgIpc) is 3.03. The second kappa shape index (κ2) is 7.06. The van der Waals surface area contributed by atoms with E-state index in [1.807, 2.05) is 11.0 Å². The first-order valence-corrected chi connectivity index (χ1v) is 9.57. The Labute approximate surface area is 149 Å². The van der Waals surface area contributed by atoms with Gasteiger partial charge in [-0.3, -0.25) is 9.69 Å². The molecule has 1 aromatic carbocycles. The highest BCUT2D eigenvalue weighted by molar-refractivity contribution is 5.94. The number of hydrogen-bond donors (Lipinski definition) is 1. The summed E-state index contributed by atoms with van der Waals surface area (Å²) in [5.41, 5.74) is 2.71. The smallest absolute Gasteiger partial charge is 0.253 e. The number of nitrogens with zero attached hydrogens (tertiary/aromatic N) is 2. The monoisotopic (exact) mass is 344 g/mol. The van der Waals surface area contributed by atoms with Crippen LogP contribution in [0, 0.1) is 0 Å². The molecule has 2 fully saturated rings. The van der Waals surface area contributed by atoms with Crippen LogP contribution in [0.1, 0.15) is 40.7 Å². The molecule has 1 aliphatic carbocycles. The second-order valence-corrected chi connectivity index (χ2v) is 7.78. The molecule has 5 heteroatoms. The molecule has 136 valence electrons. The Hall–Kier alpha value is -1.43. The minimum atomic E-state index is -0.790. The van der Waals surface area contributed by atoms with E-state index in [0.29, 0.717) is 26.1 Å². The molecule has 1 amide bonds. The lowest BCUT2D eigenvalue weighted by Gasteiger charge is -2.33. The van der Waals surface area contributed by atoms with Crippen molar-refractivity contribution >= 4 is 5.91 Å². The Bertz CT molecular complexity index is 642. The maximum Gasteiger partial charge on any atom is 0.253 e. The molecule has 4 rings (SSSR count). The number of aryl methyl sites for hydroxylation is 2. The highest BCUT2D eigenvalue weighted by atomic mass is 16.5. The van der Waals surface area contributed by atoms with Crippen LogP contribution in [0.25, 0.3) is 0 Å². The fourth-order valence-corrected chi connectivity index (χ4v) is 4.38. The summed E-state index contributed by atoms with van der Waals surface area (Å²) in [5.74, 6) is 0.0614. The zero-order valence-corrected chi connectivity index (χ0v) is 14.9. The summed E-state index contributed by atoms with van der Waals surface area (Å²) in [5, 5.41) is 10.9. The van der Waals surface area contributed by atoms with Gasteiger partial charge < -0.3 is 14.7 Å². The number of fused-ring (bicyclic) bond motifs is 1. The third kappa shape index (κ3) is 3.73. The minimum absolute atomic E-state index is 0.0614. The van der Waals surface area contributed by atoms with Gasteiger partial charge in [-0.05, 0) is 55.4 Å². The van der Waals surface area contributed by atoms with Crippen LogP contribution in [0.15, 0.2) is 18.2 Å². The summed E-state index contributed by atoms with van der Waals surface area (Å²) < 4.78 is 5.37. The second-order valence-electron chi connectivity index (χ2n) is 7.78. The van der Waals surface area contributed by atoms with Gasteiger partial charge in [0.1, 0.15) is 0 Å². The molecule has 0 radical (unpaired) electrons. The van der Waals surface area contributed by atoms with Gasteiger partial charge >= 0.3 is 0 Å². The highest BCUT2D eigenvalue weighted by Crippen LogP contribution is 2.27. The largest absolute Gasteiger partial charge is 0.387 e. The standard InChI is InChI=1S/C20H28N2O3/c23-19(18-6-5-16-3-1-2-4-17(16)13-18)22-8-7-20(24,15-22)14-21-9-11-25-12-10-21/h5-6,13,24H,1-4,7-12,14-15H2/t20-/m0/s1. The van der Waals surface area contributed by atoms with E-state index in [4.69, 9.17) is 4.74 Å². The van der Waals surface area contributed by atoms with Crippen LogP contribution in [0.5, 0.6) is 0 Å². The predicted molar refractivity (Wildman–Crippen MR) is 95.8 cm³/mol. The van der Waals surface area contributed by atoms with Crippen molar-refractivity contribution in [1.29, 1.82) is 0 Å². The first-order chi connectivity index (χ1) is 12.1. The zero-order chi connectivity index (χ0) is 17.3. The van der Waals surface area contributed by atoms with Crippen LogP contribution in [0.2, 0.25) is 0 Å². The number of carbonyl (C=O) groups excluding carboxylic acids is 1. The summed E-state index contributed by atoms with van der Waals surface area (Å²) in [6, 6.07) is 6.17. The number of likely N-dealkylation sites (tertiary alicyclic amines) is 1. The lowest BCUT2D eigenvalue weighted by molar-refractivity contribution is -0.0257. The molecule has 0 unspecified atom stereocenters. The molecule has 5 nitrogen and oxygen atoms in total. The van der Waals surface area contributed by atoms with E-state index < -0.39 is 5.60 Å². The van der Waals surface area contributed by atoms with Crippen molar-refractivity contribution in [2.45, 2.75) is 37.7 Å². The normalized spacial score (nSPS) is 27.3. The van der Waals surface area contributed by atoms with E-state index in [-0.39, 0.29) is 5.91 Å². The van der Waals surface area contributed by atoms with Gasteiger partial charge in [0.05, 0.1) is 25.4 Å². The Balaban J connectivity index is 1.41. The lowest BCUT2D eigenvalue weighted by atomic mass is 9.90. The van der Waals surface area contributed by atoms with Crippen LogP contribution >= 0.6 is 0 Å². The van der Waals surface area contributed by atoms with E-state index >= 15 is 0 Å². The van der Waals surface area contributed by atoms with Gasteiger partial charge in [-0.2, -0.15) is 0 Å². The third-order valence-corrected chi connectivity index (χ3v) is 5.84. The molecule has 2 saturated heterocycles. The Kier molecular flexibility index (Phi) is 4.80. The van der Waals surface area contributed by atoms with Crippen LogP contribution in [-0.4, -0.2) is 72.4 Å². The summed E-state index contributed by atoms with van der Waals surface area (Å²) >= 11 is 0. The van der Waals surface area contributed by atoms with Gasteiger partial charge in [-0.25, -0.2) is 0 Å². The van der Waals surface area contributed by atoms with E-state index in [1.54, 1.807) is 0 Å². The summed E-state index contributed by atoms with van der Waals surface area (Å²) in [6.07, 6.45) is 5.33. The molecular weight excluding hydrogens is 316 g/mol. The van der Waals surface area contributed by atoms with E-state index in [0.717, 1.165) is 44.7 Å². The molecule has 0 saturated carbocycles. The maximum atomic E-state index is 12.9. The number of β-amino-alcohol motifs (C(OH)–C–C–N with tert-alkyl or cyclic N) is 1. The van der Waals surface area contributed by atoms with Crippen molar-refractivity contribution in [1.82, 2.24) is 9.80 Å².